The lowest BCUT2D eigenvalue weighted by atomic mass is 9.93. The van der Waals surface area contributed by atoms with Crippen LogP contribution in [0, 0.1) is 6.92 Å². The van der Waals surface area contributed by atoms with Gasteiger partial charge in [0, 0.05) is 18.0 Å². The van der Waals surface area contributed by atoms with Crippen LogP contribution in [0.3, 0.4) is 0 Å². The van der Waals surface area contributed by atoms with Crippen LogP contribution in [0.25, 0.3) is 0 Å². The Labute approximate surface area is 95.6 Å². The zero-order chi connectivity index (χ0) is 11.0. The molecular formula is C12H16ClNO. The number of benzene rings is 1. The monoisotopic (exact) mass is 225 g/mol. The molecule has 0 aromatic heterocycles. The lowest BCUT2D eigenvalue weighted by Crippen LogP contribution is -2.30. The molecule has 3 heteroatoms. The van der Waals surface area contributed by atoms with Crippen LogP contribution in [-0.4, -0.2) is 13.2 Å². The summed E-state index contributed by atoms with van der Waals surface area (Å²) in [4.78, 5) is 0. The molecular weight excluding hydrogens is 210 g/mol. The molecule has 1 aliphatic heterocycles. The van der Waals surface area contributed by atoms with Gasteiger partial charge in [0.05, 0.1) is 11.1 Å². The highest BCUT2D eigenvalue weighted by Crippen LogP contribution is 2.41. The summed E-state index contributed by atoms with van der Waals surface area (Å²) in [5.41, 5.74) is 2.45. The van der Waals surface area contributed by atoms with E-state index < -0.39 is 0 Å². The van der Waals surface area contributed by atoms with Crippen molar-refractivity contribution in [2.24, 2.45) is 0 Å². The number of hydrogen-bond donors (Lipinski definition) is 1. The predicted octanol–water partition coefficient (Wildman–Crippen LogP) is 3.08. The van der Waals surface area contributed by atoms with Gasteiger partial charge in [0.1, 0.15) is 5.75 Å². The van der Waals surface area contributed by atoms with Gasteiger partial charge >= 0.3 is 0 Å². The zero-order valence-corrected chi connectivity index (χ0v) is 10.1. The minimum absolute atomic E-state index is 0.217. The Bertz CT molecular complexity index is 378. The van der Waals surface area contributed by atoms with Crippen molar-refractivity contribution < 1.29 is 4.74 Å². The summed E-state index contributed by atoms with van der Waals surface area (Å²) in [6.07, 6.45) is 1.21. The second kappa shape index (κ2) is 4.03. The Morgan fingerprint density at radius 1 is 1.47 bits per heavy atom. The van der Waals surface area contributed by atoms with Crippen LogP contribution in [0.2, 0.25) is 5.02 Å². The summed E-state index contributed by atoms with van der Waals surface area (Å²) in [6.45, 7) is 4.17. The van der Waals surface area contributed by atoms with Gasteiger partial charge in [-0.2, -0.15) is 0 Å². The molecule has 2 nitrogen and oxygen atoms in total. The van der Waals surface area contributed by atoms with E-state index in [9.17, 15) is 0 Å². The molecule has 0 amide bonds. The van der Waals surface area contributed by atoms with Crippen LogP contribution in [0.15, 0.2) is 12.1 Å². The minimum atomic E-state index is 0.217. The SMILES string of the molecule is CNC1CC(C)Oc2c(Cl)ccc(C)c21. The predicted molar refractivity (Wildman–Crippen MR) is 62.7 cm³/mol. The molecule has 1 aliphatic rings. The number of halogens is 1. The highest BCUT2D eigenvalue weighted by Gasteiger charge is 2.27. The Balaban J connectivity index is 2.54. The van der Waals surface area contributed by atoms with Crippen molar-refractivity contribution in [3.05, 3.63) is 28.3 Å². The normalized spacial score (nSPS) is 24.5. The molecule has 0 aliphatic carbocycles. The zero-order valence-electron chi connectivity index (χ0n) is 9.30. The Morgan fingerprint density at radius 3 is 2.87 bits per heavy atom. The standard InChI is InChI=1S/C12H16ClNO/c1-7-4-5-9(13)12-11(7)10(14-3)6-8(2)15-12/h4-5,8,10,14H,6H2,1-3H3. The van der Waals surface area contributed by atoms with E-state index in [2.05, 4.69) is 19.2 Å². The molecule has 0 saturated carbocycles. The van der Waals surface area contributed by atoms with Crippen LogP contribution < -0.4 is 10.1 Å². The van der Waals surface area contributed by atoms with Gasteiger partial charge in [-0.05, 0) is 32.5 Å². The first kappa shape index (κ1) is 10.8. The maximum atomic E-state index is 6.15. The van der Waals surface area contributed by atoms with Gasteiger partial charge in [-0.25, -0.2) is 0 Å². The number of ether oxygens (including phenoxy) is 1. The Hall–Kier alpha value is -0.730. The van der Waals surface area contributed by atoms with Gasteiger partial charge in [0.2, 0.25) is 0 Å². The number of rotatable bonds is 1. The molecule has 2 unspecified atom stereocenters. The fraction of sp³-hybridized carbons (Fsp3) is 0.500. The number of hydrogen-bond acceptors (Lipinski definition) is 2. The van der Waals surface area contributed by atoms with Crippen molar-refractivity contribution in [1.82, 2.24) is 5.32 Å². The van der Waals surface area contributed by atoms with Crippen LogP contribution >= 0.6 is 11.6 Å². The van der Waals surface area contributed by atoms with Gasteiger partial charge < -0.3 is 10.1 Å². The van der Waals surface area contributed by atoms with E-state index in [1.54, 1.807) is 0 Å². The molecule has 1 aromatic carbocycles. The lowest BCUT2D eigenvalue weighted by Gasteiger charge is -2.32. The molecule has 1 heterocycles. The highest BCUT2D eigenvalue weighted by molar-refractivity contribution is 6.32. The van der Waals surface area contributed by atoms with Crippen LogP contribution in [0.4, 0.5) is 0 Å². The Kier molecular flexibility index (Phi) is 2.89. The highest BCUT2D eigenvalue weighted by atomic mass is 35.5. The first-order chi connectivity index (χ1) is 7.13. The molecule has 0 spiro atoms. The third kappa shape index (κ3) is 1.84. The summed E-state index contributed by atoms with van der Waals surface area (Å²) < 4.78 is 5.80. The fourth-order valence-corrected chi connectivity index (χ4v) is 2.39. The van der Waals surface area contributed by atoms with E-state index in [4.69, 9.17) is 16.3 Å². The third-order valence-electron chi connectivity index (χ3n) is 2.95. The van der Waals surface area contributed by atoms with E-state index in [0.29, 0.717) is 11.1 Å². The maximum absolute atomic E-state index is 6.15. The topological polar surface area (TPSA) is 21.3 Å². The van der Waals surface area contributed by atoms with E-state index in [0.717, 1.165) is 12.2 Å². The molecule has 0 bridgehead atoms. The Morgan fingerprint density at radius 2 is 2.20 bits per heavy atom. The quantitative estimate of drug-likeness (QED) is 0.793. The van der Waals surface area contributed by atoms with Gasteiger partial charge in [-0.1, -0.05) is 17.7 Å². The van der Waals surface area contributed by atoms with E-state index in [-0.39, 0.29) is 6.10 Å². The van der Waals surface area contributed by atoms with Crippen molar-refractivity contribution >= 4 is 11.6 Å². The average molecular weight is 226 g/mol. The van der Waals surface area contributed by atoms with Gasteiger partial charge in [0.15, 0.2) is 0 Å². The van der Waals surface area contributed by atoms with E-state index in [1.165, 1.54) is 11.1 Å². The van der Waals surface area contributed by atoms with Crippen molar-refractivity contribution in [2.45, 2.75) is 32.4 Å². The molecule has 15 heavy (non-hydrogen) atoms. The second-order valence-corrected chi connectivity index (χ2v) is 4.52. The second-order valence-electron chi connectivity index (χ2n) is 4.11. The molecule has 82 valence electrons. The first-order valence-electron chi connectivity index (χ1n) is 5.26. The average Bonchev–Trinajstić information content (AvgIpc) is 2.22. The summed E-state index contributed by atoms with van der Waals surface area (Å²) in [5.74, 6) is 0.856. The molecule has 2 rings (SSSR count). The number of fused-ring (bicyclic) bond motifs is 1. The van der Waals surface area contributed by atoms with Gasteiger partial charge in [-0.15, -0.1) is 0 Å². The molecule has 1 aromatic rings. The fourth-order valence-electron chi connectivity index (χ4n) is 2.19. The smallest absolute Gasteiger partial charge is 0.143 e. The third-order valence-corrected chi connectivity index (χ3v) is 3.25. The summed E-state index contributed by atoms with van der Waals surface area (Å²) >= 11 is 6.15. The van der Waals surface area contributed by atoms with Gasteiger partial charge in [0.25, 0.3) is 0 Å². The van der Waals surface area contributed by atoms with Crippen LogP contribution in [-0.2, 0) is 0 Å². The van der Waals surface area contributed by atoms with Crippen molar-refractivity contribution in [1.29, 1.82) is 0 Å². The maximum Gasteiger partial charge on any atom is 0.143 e. The summed E-state index contributed by atoms with van der Waals surface area (Å²) in [7, 11) is 1.98. The molecule has 0 fully saturated rings. The number of aryl methyl sites for hydroxylation is 1. The minimum Gasteiger partial charge on any atom is -0.489 e. The largest absolute Gasteiger partial charge is 0.489 e. The van der Waals surface area contributed by atoms with Gasteiger partial charge in [-0.3, -0.25) is 0 Å². The first-order valence-corrected chi connectivity index (χ1v) is 5.64. The van der Waals surface area contributed by atoms with Crippen molar-refractivity contribution in [3.63, 3.8) is 0 Å². The van der Waals surface area contributed by atoms with Crippen molar-refractivity contribution in [3.8, 4) is 5.75 Å². The van der Waals surface area contributed by atoms with E-state index in [1.807, 2.05) is 19.2 Å². The van der Waals surface area contributed by atoms with Crippen molar-refractivity contribution in [2.75, 3.05) is 7.05 Å². The molecule has 0 radical (unpaired) electrons. The van der Waals surface area contributed by atoms with Crippen LogP contribution in [0.5, 0.6) is 5.75 Å². The molecule has 2 atom stereocenters. The molecule has 1 N–H and O–H groups in total. The summed E-state index contributed by atoms with van der Waals surface area (Å²) in [5, 5.41) is 4.03. The lowest BCUT2D eigenvalue weighted by molar-refractivity contribution is 0.169. The summed E-state index contributed by atoms with van der Waals surface area (Å²) in [6, 6.07) is 4.30. The number of nitrogens with one attached hydrogen (secondary N) is 1. The van der Waals surface area contributed by atoms with E-state index >= 15 is 0 Å². The van der Waals surface area contributed by atoms with Crippen LogP contribution in [0.1, 0.15) is 30.5 Å². The molecule has 0 saturated heterocycles.